The van der Waals surface area contributed by atoms with Crippen molar-refractivity contribution in [2.75, 3.05) is 13.2 Å². The molecule has 0 saturated carbocycles. The average Bonchev–Trinajstić information content (AvgIpc) is 2.95. The van der Waals surface area contributed by atoms with E-state index in [0.29, 0.717) is 11.8 Å². The van der Waals surface area contributed by atoms with E-state index in [0.717, 1.165) is 5.56 Å². The summed E-state index contributed by atoms with van der Waals surface area (Å²) in [5.41, 5.74) is 1.58. The Morgan fingerprint density at radius 3 is 2.29 bits per heavy atom. The molecule has 0 bridgehead atoms. The summed E-state index contributed by atoms with van der Waals surface area (Å²) in [6, 6.07) is 7.17. The molecule has 0 aliphatic carbocycles. The van der Waals surface area contributed by atoms with Gasteiger partial charge in [-0.1, -0.05) is 24.3 Å². The van der Waals surface area contributed by atoms with Gasteiger partial charge in [0.05, 0.1) is 13.2 Å². The number of benzene rings is 1. The van der Waals surface area contributed by atoms with Crippen LogP contribution in [-0.4, -0.2) is 31.4 Å². The second-order valence-corrected chi connectivity index (χ2v) is 4.92. The number of carbonyl (C=O) groups is 3. The highest BCUT2D eigenvalue weighted by Gasteiger charge is 2.32. The Labute approximate surface area is 139 Å². The lowest BCUT2D eigenvalue weighted by Crippen LogP contribution is -2.13. The fraction of sp³-hybridized carbons (Fsp3) is 0.278. The molecular formula is C18H18O6. The summed E-state index contributed by atoms with van der Waals surface area (Å²) in [6.07, 6.45) is 0.466. The number of aldehydes is 1. The van der Waals surface area contributed by atoms with E-state index in [-0.39, 0.29) is 35.9 Å². The van der Waals surface area contributed by atoms with Crippen LogP contribution in [0.1, 0.15) is 50.9 Å². The summed E-state index contributed by atoms with van der Waals surface area (Å²) in [4.78, 5) is 36.0. The highest BCUT2D eigenvalue weighted by molar-refractivity contribution is 6.09. The van der Waals surface area contributed by atoms with Gasteiger partial charge in [-0.2, -0.15) is 0 Å². The summed E-state index contributed by atoms with van der Waals surface area (Å²) in [6.45, 7) is 5.34. The first kappa shape index (κ1) is 17.5. The number of esters is 2. The summed E-state index contributed by atoms with van der Waals surface area (Å²) >= 11 is 0. The van der Waals surface area contributed by atoms with Gasteiger partial charge < -0.3 is 13.9 Å². The Morgan fingerprint density at radius 1 is 1.08 bits per heavy atom. The van der Waals surface area contributed by atoms with Crippen LogP contribution in [0, 0.1) is 6.92 Å². The summed E-state index contributed by atoms with van der Waals surface area (Å²) < 4.78 is 15.3. The van der Waals surface area contributed by atoms with E-state index < -0.39 is 11.9 Å². The number of hydrogen-bond donors (Lipinski definition) is 0. The van der Waals surface area contributed by atoms with E-state index in [1.807, 2.05) is 19.1 Å². The third-order valence-electron chi connectivity index (χ3n) is 3.40. The minimum atomic E-state index is -0.816. The third-order valence-corrected chi connectivity index (χ3v) is 3.40. The number of furan rings is 1. The van der Waals surface area contributed by atoms with Gasteiger partial charge in [0.1, 0.15) is 5.56 Å². The first-order chi connectivity index (χ1) is 11.5. The van der Waals surface area contributed by atoms with Crippen LogP contribution in [0.25, 0.3) is 11.1 Å². The number of ether oxygens (including phenoxy) is 2. The second kappa shape index (κ2) is 7.59. The topological polar surface area (TPSA) is 82.8 Å². The normalized spacial score (nSPS) is 10.3. The smallest absolute Gasteiger partial charge is 0.375 e. The predicted molar refractivity (Wildman–Crippen MR) is 86.2 cm³/mol. The van der Waals surface area contributed by atoms with Gasteiger partial charge in [0.25, 0.3) is 0 Å². The number of aryl methyl sites for hydroxylation is 1. The van der Waals surface area contributed by atoms with Gasteiger partial charge in [0, 0.05) is 5.56 Å². The molecule has 0 N–H and O–H groups in total. The molecule has 6 nitrogen and oxygen atoms in total. The summed E-state index contributed by atoms with van der Waals surface area (Å²) in [5.74, 6) is -2.00. The van der Waals surface area contributed by atoms with Crippen molar-refractivity contribution < 1.29 is 28.3 Å². The van der Waals surface area contributed by atoms with Gasteiger partial charge in [0.15, 0.2) is 12.0 Å². The van der Waals surface area contributed by atoms with Crippen LogP contribution in [-0.2, 0) is 9.47 Å². The molecule has 1 aromatic carbocycles. The van der Waals surface area contributed by atoms with E-state index in [4.69, 9.17) is 13.9 Å². The van der Waals surface area contributed by atoms with Gasteiger partial charge in [0.2, 0.25) is 5.76 Å². The monoisotopic (exact) mass is 330 g/mol. The molecule has 0 atom stereocenters. The minimum Gasteiger partial charge on any atom is -0.462 e. The molecule has 0 radical (unpaired) electrons. The molecule has 24 heavy (non-hydrogen) atoms. The van der Waals surface area contributed by atoms with Crippen LogP contribution in [0.2, 0.25) is 0 Å². The second-order valence-electron chi connectivity index (χ2n) is 4.92. The molecule has 2 rings (SSSR count). The fourth-order valence-electron chi connectivity index (χ4n) is 2.39. The molecule has 1 heterocycles. The maximum absolute atomic E-state index is 12.4. The maximum atomic E-state index is 12.4. The fourth-order valence-corrected chi connectivity index (χ4v) is 2.39. The molecule has 0 saturated heterocycles. The van der Waals surface area contributed by atoms with Crippen LogP contribution in [0.4, 0.5) is 0 Å². The van der Waals surface area contributed by atoms with E-state index in [9.17, 15) is 14.4 Å². The first-order valence-corrected chi connectivity index (χ1v) is 7.57. The van der Waals surface area contributed by atoms with Crippen molar-refractivity contribution in [3.05, 3.63) is 46.9 Å². The van der Waals surface area contributed by atoms with Crippen molar-refractivity contribution >= 4 is 18.2 Å². The highest BCUT2D eigenvalue weighted by atomic mass is 16.5. The van der Waals surface area contributed by atoms with E-state index in [1.165, 1.54) is 0 Å². The summed E-state index contributed by atoms with van der Waals surface area (Å²) in [7, 11) is 0. The molecule has 6 heteroatoms. The van der Waals surface area contributed by atoms with E-state index in [1.54, 1.807) is 26.0 Å². The van der Waals surface area contributed by atoms with Crippen molar-refractivity contribution in [2.45, 2.75) is 20.8 Å². The van der Waals surface area contributed by atoms with Gasteiger partial charge in [-0.15, -0.1) is 0 Å². The minimum absolute atomic E-state index is 0.0910. The molecule has 0 fully saturated rings. The quantitative estimate of drug-likeness (QED) is 0.596. The zero-order chi connectivity index (χ0) is 17.7. The van der Waals surface area contributed by atoms with Crippen molar-refractivity contribution in [1.82, 2.24) is 0 Å². The number of rotatable bonds is 6. The number of hydrogen-bond acceptors (Lipinski definition) is 6. The molecule has 0 aliphatic rings. The third kappa shape index (κ3) is 3.22. The standard InChI is InChI=1S/C18H18O6/c1-4-22-17(20)15-14(12-9-7-6-8-11(12)3)13(10-19)24-16(15)18(21)23-5-2/h6-10H,4-5H2,1-3H3. The lowest BCUT2D eigenvalue weighted by atomic mass is 9.96. The lowest BCUT2D eigenvalue weighted by molar-refractivity contribution is 0.0451. The largest absolute Gasteiger partial charge is 0.462 e. The zero-order valence-electron chi connectivity index (χ0n) is 13.8. The Kier molecular flexibility index (Phi) is 5.52. The molecule has 0 unspecified atom stereocenters. The molecule has 0 amide bonds. The Morgan fingerprint density at radius 2 is 1.71 bits per heavy atom. The van der Waals surface area contributed by atoms with Crippen LogP contribution in [0.5, 0.6) is 0 Å². The Balaban J connectivity index is 2.76. The molecule has 0 aliphatic heterocycles. The molecule has 0 spiro atoms. The molecule has 2 aromatic rings. The molecule has 126 valence electrons. The predicted octanol–water partition coefficient (Wildman–Crippen LogP) is 3.42. The van der Waals surface area contributed by atoms with Crippen molar-refractivity contribution in [2.24, 2.45) is 0 Å². The van der Waals surface area contributed by atoms with Crippen molar-refractivity contribution in [1.29, 1.82) is 0 Å². The number of carbonyl (C=O) groups excluding carboxylic acids is 3. The van der Waals surface area contributed by atoms with Gasteiger partial charge in [-0.05, 0) is 31.9 Å². The Bertz CT molecular complexity index is 772. The van der Waals surface area contributed by atoms with Crippen molar-refractivity contribution in [3.8, 4) is 11.1 Å². The van der Waals surface area contributed by atoms with Gasteiger partial charge in [-0.25, -0.2) is 9.59 Å². The average molecular weight is 330 g/mol. The zero-order valence-corrected chi connectivity index (χ0v) is 13.8. The van der Waals surface area contributed by atoms with Crippen LogP contribution in [0.3, 0.4) is 0 Å². The van der Waals surface area contributed by atoms with E-state index >= 15 is 0 Å². The van der Waals surface area contributed by atoms with Crippen LogP contribution < -0.4 is 0 Å². The Hall–Kier alpha value is -2.89. The first-order valence-electron chi connectivity index (χ1n) is 7.57. The maximum Gasteiger partial charge on any atom is 0.375 e. The van der Waals surface area contributed by atoms with Gasteiger partial charge >= 0.3 is 11.9 Å². The highest BCUT2D eigenvalue weighted by Crippen LogP contribution is 2.35. The van der Waals surface area contributed by atoms with Crippen molar-refractivity contribution in [3.63, 3.8) is 0 Å². The summed E-state index contributed by atoms with van der Waals surface area (Å²) in [5, 5.41) is 0. The van der Waals surface area contributed by atoms with Crippen LogP contribution >= 0.6 is 0 Å². The molecular weight excluding hydrogens is 312 g/mol. The SMILES string of the molecule is CCOC(=O)c1oc(C=O)c(-c2ccccc2C)c1C(=O)OCC. The van der Waals surface area contributed by atoms with E-state index in [2.05, 4.69) is 0 Å². The molecule has 1 aromatic heterocycles. The lowest BCUT2D eigenvalue weighted by Gasteiger charge is -2.08. The van der Waals surface area contributed by atoms with Crippen LogP contribution in [0.15, 0.2) is 28.7 Å². The van der Waals surface area contributed by atoms with Gasteiger partial charge in [-0.3, -0.25) is 4.79 Å².